The minimum Gasteiger partial charge on any atom is -0.316 e. The monoisotopic (exact) mass is 415 g/mol. The van der Waals surface area contributed by atoms with Crippen molar-refractivity contribution in [3.63, 3.8) is 0 Å². The minimum atomic E-state index is -0.331. The van der Waals surface area contributed by atoms with Gasteiger partial charge in [-0.05, 0) is 31.0 Å². The van der Waals surface area contributed by atoms with E-state index in [0.717, 1.165) is 16.9 Å². The molecule has 2 aromatic heterocycles. The predicted octanol–water partition coefficient (Wildman–Crippen LogP) is 3.54. The zero-order chi connectivity index (χ0) is 22.0. The SMILES string of the molecule is CCc1c(C(=O)Nc2c(C)n(C)n(-c3ccccc3)c2=O)cnn1Cc1ccccc1. The Morgan fingerprint density at radius 3 is 2.32 bits per heavy atom. The van der Waals surface area contributed by atoms with Crippen LogP contribution in [0.25, 0.3) is 5.69 Å². The van der Waals surface area contributed by atoms with E-state index < -0.39 is 0 Å². The van der Waals surface area contributed by atoms with Gasteiger partial charge in [-0.25, -0.2) is 4.68 Å². The van der Waals surface area contributed by atoms with Crippen LogP contribution in [0.5, 0.6) is 0 Å². The molecule has 0 radical (unpaired) electrons. The van der Waals surface area contributed by atoms with Gasteiger partial charge in [0.15, 0.2) is 0 Å². The third kappa shape index (κ3) is 3.82. The van der Waals surface area contributed by atoms with Crippen LogP contribution >= 0.6 is 0 Å². The van der Waals surface area contributed by atoms with Gasteiger partial charge in [0, 0.05) is 7.05 Å². The van der Waals surface area contributed by atoms with Crippen LogP contribution in [-0.2, 0) is 20.0 Å². The van der Waals surface area contributed by atoms with Crippen LogP contribution in [0, 0.1) is 6.92 Å². The Bertz CT molecular complexity index is 1270. The fourth-order valence-corrected chi connectivity index (χ4v) is 3.76. The number of para-hydroxylation sites is 1. The van der Waals surface area contributed by atoms with Gasteiger partial charge in [-0.2, -0.15) is 5.10 Å². The molecule has 0 saturated heterocycles. The summed E-state index contributed by atoms with van der Waals surface area (Å²) in [6.07, 6.45) is 2.22. The Balaban J connectivity index is 1.65. The van der Waals surface area contributed by atoms with Crippen molar-refractivity contribution in [3.05, 3.63) is 99.7 Å². The van der Waals surface area contributed by atoms with Crippen molar-refractivity contribution in [3.8, 4) is 5.69 Å². The third-order valence-electron chi connectivity index (χ3n) is 5.50. The summed E-state index contributed by atoms with van der Waals surface area (Å²) < 4.78 is 5.13. The topological polar surface area (TPSA) is 73.8 Å². The normalized spacial score (nSPS) is 10.9. The highest BCUT2D eigenvalue weighted by molar-refractivity contribution is 6.05. The Hall–Kier alpha value is -3.87. The van der Waals surface area contributed by atoms with Crippen molar-refractivity contribution in [2.75, 3.05) is 5.32 Å². The number of anilines is 1. The van der Waals surface area contributed by atoms with Crippen LogP contribution in [0.2, 0.25) is 0 Å². The Morgan fingerprint density at radius 2 is 1.68 bits per heavy atom. The first-order valence-corrected chi connectivity index (χ1v) is 10.2. The maximum atomic E-state index is 13.1. The summed E-state index contributed by atoms with van der Waals surface area (Å²) in [6.45, 7) is 4.39. The fraction of sp³-hybridized carbons (Fsp3) is 0.208. The molecule has 0 atom stereocenters. The van der Waals surface area contributed by atoms with E-state index in [2.05, 4.69) is 10.4 Å². The van der Waals surface area contributed by atoms with E-state index in [4.69, 9.17) is 0 Å². The molecule has 4 aromatic rings. The molecule has 1 amide bonds. The first-order valence-electron chi connectivity index (χ1n) is 10.2. The quantitative estimate of drug-likeness (QED) is 0.523. The van der Waals surface area contributed by atoms with Crippen LogP contribution in [0.3, 0.4) is 0 Å². The van der Waals surface area contributed by atoms with Gasteiger partial charge in [0.25, 0.3) is 11.5 Å². The van der Waals surface area contributed by atoms with Crippen LogP contribution in [0.15, 0.2) is 71.7 Å². The number of nitrogens with one attached hydrogen (secondary N) is 1. The standard InChI is InChI=1S/C24H25N5O2/c1-4-21-20(15-25-28(21)16-18-11-7-5-8-12-18)23(30)26-22-17(2)27(3)29(24(22)31)19-13-9-6-10-14-19/h5-15H,4,16H2,1-3H3,(H,26,30). The molecule has 7 nitrogen and oxygen atoms in total. The Kier molecular flexibility index (Phi) is 5.58. The summed E-state index contributed by atoms with van der Waals surface area (Å²) in [4.78, 5) is 26.2. The van der Waals surface area contributed by atoms with Gasteiger partial charge in [0.1, 0.15) is 5.69 Å². The Labute approximate surface area is 180 Å². The van der Waals surface area contributed by atoms with Crippen LogP contribution in [0.1, 0.15) is 34.2 Å². The summed E-state index contributed by atoms with van der Waals surface area (Å²) >= 11 is 0. The van der Waals surface area contributed by atoms with Crippen LogP contribution < -0.4 is 10.9 Å². The number of aromatic nitrogens is 4. The molecule has 0 saturated carbocycles. The van der Waals surface area contributed by atoms with Gasteiger partial charge >= 0.3 is 0 Å². The second kappa shape index (κ2) is 8.47. The average Bonchev–Trinajstić information content (AvgIpc) is 3.29. The first-order chi connectivity index (χ1) is 15.0. The van der Waals surface area contributed by atoms with E-state index in [0.29, 0.717) is 24.2 Å². The summed E-state index contributed by atoms with van der Waals surface area (Å²) in [5.74, 6) is -0.331. The number of nitrogens with zero attached hydrogens (tertiary/aromatic N) is 4. The van der Waals surface area contributed by atoms with E-state index in [1.54, 1.807) is 22.6 Å². The zero-order valence-corrected chi connectivity index (χ0v) is 17.9. The fourth-order valence-electron chi connectivity index (χ4n) is 3.76. The van der Waals surface area contributed by atoms with Crippen LogP contribution in [0.4, 0.5) is 5.69 Å². The highest BCUT2D eigenvalue weighted by Gasteiger charge is 2.22. The number of carbonyl (C=O) groups excluding carboxylic acids is 1. The van der Waals surface area contributed by atoms with Gasteiger partial charge in [-0.1, -0.05) is 55.5 Å². The van der Waals surface area contributed by atoms with Crippen molar-refractivity contribution < 1.29 is 4.79 Å². The molecule has 0 fully saturated rings. The highest BCUT2D eigenvalue weighted by atomic mass is 16.2. The summed E-state index contributed by atoms with van der Waals surface area (Å²) in [7, 11) is 1.80. The molecule has 0 bridgehead atoms. The lowest BCUT2D eigenvalue weighted by atomic mass is 10.1. The van der Waals surface area contributed by atoms with E-state index in [-0.39, 0.29) is 17.2 Å². The van der Waals surface area contributed by atoms with Crippen molar-refractivity contribution >= 4 is 11.6 Å². The molecule has 2 heterocycles. The lowest BCUT2D eigenvalue weighted by molar-refractivity contribution is 0.102. The largest absolute Gasteiger partial charge is 0.316 e. The van der Waals surface area contributed by atoms with E-state index >= 15 is 0 Å². The molecule has 0 spiro atoms. The maximum absolute atomic E-state index is 13.1. The summed E-state index contributed by atoms with van der Waals surface area (Å²) in [6, 6.07) is 19.3. The molecular formula is C24H25N5O2. The first kappa shape index (κ1) is 20.4. The molecular weight excluding hydrogens is 390 g/mol. The predicted molar refractivity (Wildman–Crippen MR) is 121 cm³/mol. The number of hydrogen-bond acceptors (Lipinski definition) is 3. The number of benzene rings is 2. The molecule has 0 aliphatic heterocycles. The average molecular weight is 415 g/mol. The molecule has 0 aliphatic carbocycles. The molecule has 7 heteroatoms. The summed E-state index contributed by atoms with van der Waals surface area (Å²) in [5.41, 5.74) is 3.84. The molecule has 4 rings (SSSR count). The number of rotatable bonds is 6. The zero-order valence-electron chi connectivity index (χ0n) is 17.9. The van der Waals surface area contributed by atoms with Gasteiger partial charge in [0.05, 0.1) is 35.4 Å². The van der Waals surface area contributed by atoms with Gasteiger partial charge < -0.3 is 5.32 Å². The van der Waals surface area contributed by atoms with E-state index in [1.807, 2.05) is 79.2 Å². The number of hydrogen-bond donors (Lipinski definition) is 1. The Morgan fingerprint density at radius 1 is 1.03 bits per heavy atom. The summed E-state index contributed by atoms with van der Waals surface area (Å²) in [5, 5.41) is 7.26. The molecule has 0 unspecified atom stereocenters. The third-order valence-corrected chi connectivity index (χ3v) is 5.50. The highest BCUT2D eigenvalue weighted by Crippen LogP contribution is 2.17. The molecule has 0 aliphatic rings. The second-order valence-electron chi connectivity index (χ2n) is 7.39. The lowest BCUT2D eigenvalue weighted by Gasteiger charge is -2.08. The minimum absolute atomic E-state index is 0.269. The second-order valence-corrected chi connectivity index (χ2v) is 7.39. The molecule has 31 heavy (non-hydrogen) atoms. The number of carbonyl (C=O) groups is 1. The smallest absolute Gasteiger partial charge is 0.295 e. The van der Waals surface area contributed by atoms with E-state index in [9.17, 15) is 9.59 Å². The van der Waals surface area contributed by atoms with Crippen molar-refractivity contribution in [2.24, 2.45) is 7.05 Å². The van der Waals surface area contributed by atoms with Crippen molar-refractivity contribution in [2.45, 2.75) is 26.8 Å². The molecule has 158 valence electrons. The maximum Gasteiger partial charge on any atom is 0.295 e. The molecule has 1 N–H and O–H groups in total. The van der Waals surface area contributed by atoms with Crippen molar-refractivity contribution in [1.29, 1.82) is 0 Å². The van der Waals surface area contributed by atoms with Gasteiger partial charge in [-0.3, -0.25) is 19.0 Å². The van der Waals surface area contributed by atoms with Gasteiger partial charge in [-0.15, -0.1) is 0 Å². The van der Waals surface area contributed by atoms with Crippen LogP contribution in [-0.4, -0.2) is 25.1 Å². The van der Waals surface area contributed by atoms with Crippen molar-refractivity contribution in [1.82, 2.24) is 19.1 Å². The van der Waals surface area contributed by atoms with Gasteiger partial charge in [0.2, 0.25) is 0 Å². The van der Waals surface area contributed by atoms with E-state index in [1.165, 1.54) is 0 Å². The lowest BCUT2D eigenvalue weighted by Crippen LogP contribution is -2.23. The number of amides is 1. The molecule has 2 aromatic carbocycles.